The van der Waals surface area contributed by atoms with Crippen molar-refractivity contribution in [2.24, 2.45) is 11.3 Å². The third-order valence-electron chi connectivity index (χ3n) is 4.57. The quantitative estimate of drug-likeness (QED) is 0.596. The summed E-state index contributed by atoms with van der Waals surface area (Å²) in [7, 11) is -5.86. The Morgan fingerprint density at radius 3 is 2.59 bits per heavy atom. The molecule has 9 heteroatoms. The molecule has 0 aromatic carbocycles. The first-order valence-electron chi connectivity index (χ1n) is 7.11. The second kappa shape index (κ2) is 5.38. The van der Waals surface area contributed by atoms with Crippen LogP contribution in [0.3, 0.4) is 0 Å². The SMILES string of the molecule is CC1(COC(=O)C(F)(F)S(=O)(=O)O)CC2CCCC(O)(C2)C1. The van der Waals surface area contributed by atoms with Gasteiger partial charge in [-0.1, -0.05) is 19.8 Å². The summed E-state index contributed by atoms with van der Waals surface area (Å²) in [5.41, 5.74) is -1.57. The van der Waals surface area contributed by atoms with E-state index in [1.54, 1.807) is 6.92 Å². The van der Waals surface area contributed by atoms with E-state index < -0.39 is 39.0 Å². The molecule has 0 radical (unpaired) electrons. The summed E-state index contributed by atoms with van der Waals surface area (Å²) >= 11 is 0. The van der Waals surface area contributed by atoms with Crippen molar-refractivity contribution in [3.8, 4) is 0 Å². The Morgan fingerprint density at radius 1 is 1.41 bits per heavy atom. The van der Waals surface area contributed by atoms with Crippen LogP contribution < -0.4 is 0 Å². The monoisotopic (exact) mass is 342 g/mol. The van der Waals surface area contributed by atoms with Gasteiger partial charge in [0.1, 0.15) is 0 Å². The highest BCUT2D eigenvalue weighted by atomic mass is 32.2. The number of esters is 1. The molecular weight excluding hydrogens is 322 g/mol. The maximum atomic E-state index is 13.1. The molecule has 0 heterocycles. The molecule has 2 saturated carbocycles. The summed E-state index contributed by atoms with van der Waals surface area (Å²) in [6.07, 6.45) is 4.01. The minimum Gasteiger partial charge on any atom is -0.460 e. The Morgan fingerprint density at radius 2 is 2.05 bits per heavy atom. The van der Waals surface area contributed by atoms with Crippen molar-refractivity contribution in [3.05, 3.63) is 0 Å². The van der Waals surface area contributed by atoms with Crippen molar-refractivity contribution >= 4 is 16.1 Å². The van der Waals surface area contributed by atoms with Gasteiger partial charge in [-0.25, -0.2) is 4.79 Å². The van der Waals surface area contributed by atoms with Crippen molar-refractivity contribution in [2.75, 3.05) is 6.61 Å². The number of hydrogen-bond acceptors (Lipinski definition) is 5. The average Bonchev–Trinajstić information content (AvgIpc) is 2.32. The highest BCUT2D eigenvalue weighted by molar-refractivity contribution is 7.87. The van der Waals surface area contributed by atoms with Crippen molar-refractivity contribution in [1.82, 2.24) is 0 Å². The van der Waals surface area contributed by atoms with Crippen LogP contribution in [-0.2, 0) is 19.6 Å². The summed E-state index contributed by atoms with van der Waals surface area (Å²) in [6.45, 7) is 1.30. The Hall–Kier alpha value is -0.800. The van der Waals surface area contributed by atoms with Gasteiger partial charge in [-0.2, -0.15) is 17.2 Å². The van der Waals surface area contributed by atoms with Crippen LogP contribution in [-0.4, -0.2) is 41.5 Å². The molecule has 22 heavy (non-hydrogen) atoms. The van der Waals surface area contributed by atoms with Crippen LogP contribution in [0.1, 0.15) is 45.4 Å². The van der Waals surface area contributed by atoms with Crippen LogP contribution in [0.4, 0.5) is 8.78 Å². The van der Waals surface area contributed by atoms with Gasteiger partial charge in [0.05, 0.1) is 12.2 Å². The summed E-state index contributed by atoms with van der Waals surface area (Å²) in [6, 6.07) is 0. The van der Waals surface area contributed by atoms with Gasteiger partial charge in [0.2, 0.25) is 0 Å². The summed E-state index contributed by atoms with van der Waals surface area (Å²) in [5.74, 6) is -2.06. The van der Waals surface area contributed by atoms with E-state index in [-0.39, 0.29) is 5.92 Å². The topological polar surface area (TPSA) is 101 Å². The molecule has 0 saturated heterocycles. The molecule has 0 aromatic heterocycles. The Labute approximate surface area is 127 Å². The number of fused-ring (bicyclic) bond motifs is 2. The number of aliphatic hydroxyl groups is 1. The number of ether oxygens (including phenoxy) is 1. The van der Waals surface area contributed by atoms with Crippen LogP contribution in [0, 0.1) is 11.3 Å². The maximum absolute atomic E-state index is 13.1. The van der Waals surface area contributed by atoms with Gasteiger partial charge in [0.15, 0.2) is 0 Å². The molecule has 0 amide bonds. The highest BCUT2D eigenvalue weighted by Gasteiger charge is 2.55. The van der Waals surface area contributed by atoms with Crippen LogP contribution in [0.5, 0.6) is 0 Å². The fourth-order valence-electron chi connectivity index (χ4n) is 3.90. The van der Waals surface area contributed by atoms with Crippen molar-refractivity contribution < 1.29 is 36.4 Å². The van der Waals surface area contributed by atoms with E-state index in [9.17, 15) is 27.1 Å². The van der Waals surface area contributed by atoms with Crippen LogP contribution in [0.2, 0.25) is 0 Å². The zero-order valence-corrected chi connectivity index (χ0v) is 13.0. The van der Waals surface area contributed by atoms with Gasteiger partial charge in [-0.3, -0.25) is 4.55 Å². The molecule has 2 fully saturated rings. The third kappa shape index (κ3) is 3.41. The zero-order valence-electron chi connectivity index (χ0n) is 12.2. The number of carbonyl (C=O) groups is 1. The van der Waals surface area contributed by atoms with E-state index in [1.165, 1.54) is 0 Å². The normalized spacial score (nSPS) is 36.0. The minimum atomic E-state index is -5.86. The number of hydrogen-bond donors (Lipinski definition) is 2. The van der Waals surface area contributed by atoms with E-state index in [2.05, 4.69) is 4.74 Å². The van der Waals surface area contributed by atoms with E-state index in [4.69, 9.17) is 4.55 Å². The first kappa shape index (κ1) is 17.6. The van der Waals surface area contributed by atoms with E-state index in [0.717, 1.165) is 12.8 Å². The predicted molar refractivity (Wildman–Crippen MR) is 71.7 cm³/mol. The molecule has 3 unspecified atom stereocenters. The Bertz CT molecular complexity index is 563. The Kier molecular flexibility index (Phi) is 4.29. The van der Waals surface area contributed by atoms with Gasteiger partial charge in [0, 0.05) is 5.41 Å². The van der Waals surface area contributed by atoms with Gasteiger partial charge in [-0.15, -0.1) is 0 Å². The second-order valence-electron chi connectivity index (χ2n) is 6.95. The number of alkyl halides is 2. The van der Waals surface area contributed by atoms with Gasteiger partial charge >= 0.3 is 21.3 Å². The molecule has 3 atom stereocenters. The number of rotatable bonds is 4. The zero-order chi connectivity index (χ0) is 16.8. The molecule has 6 nitrogen and oxygen atoms in total. The highest BCUT2D eigenvalue weighted by Crippen LogP contribution is 2.51. The molecule has 2 rings (SSSR count). The van der Waals surface area contributed by atoms with Crippen molar-refractivity contribution in [1.29, 1.82) is 0 Å². The smallest absolute Gasteiger partial charge is 0.460 e. The fourth-order valence-corrected chi connectivity index (χ4v) is 4.17. The molecule has 2 aliphatic carbocycles. The lowest BCUT2D eigenvalue weighted by atomic mass is 9.59. The largest absolute Gasteiger partial charge is 0.465 e. The van der Waals surface area contributed by atoms with Gasteiger partial charge < -0.3 is 9.84 Å². The lowest BCUT2D eigenvalue weighted by Crippen LogP contribution is -2.49. The molecule has 0 aliphatic heterocycles. The Balaban J connectivity index is 2.03. The molecule has 2 N–H and O–H groups in total. The molecule has 2 aliphatic rings. The van der Waals surface area contributed by atoms with Gasteiger partial charge in [0.25, 0.3) is 0 Å². The lowest BCUT2D eigenvalue weighted by molar-refractivity contribution is -0.171. The van der Waals surface area contributed by atoms with E-state index in [1.807, 2.05) is 0 Å². The molecule has 0 spiro atoms. The predicted octanol–water partition coefficient (Wildman–Crippen LogP) is 1.73. The van der Waals surface area contributed by atoms with Crippen molar-refractivity contribution in [2.45, 2.75) is 56.3 Å². The maximum Gasteiger partial charge on any atom is 0.465 e. The first-order chi connectivity index (χ1) is 9.87. The lowest BCUT2D eigenvalue weighted by Gasteiger charge is -2.49. The summed E-state index contributed by atoms with van der Waals surface area (Å²) in [5, 5.41) is 5.49. The molecule has 0 aromatic rings. The van der Waals surface area contributed by atoms with Crippen molar-refractivity contribution in [3.63, 3.8) is 0 Å². The molecule has 2 bridgehead atoms. The average molecular weight is 342 g/mol. The molecule has 128 valence electrons. The fraction of sp³-hybridized carbons (Fsp3) is 0.923. The summed E-state index contributed by atoms with van der Waals surface area (Å²) in [4.78, 5) is 11.2. The standard InChI is InChI=1S/C13H20F2O6S/c1-11(5-9-3-2-4-12(17,6-9)7-11)8-21-10(16)13(14,15)22(18,19)20/h9,17H,2-8H2,1H3,(H,18,19,20). The molecular formula is C13H20F2O6S. The second-order valence-corrected chi connectivity index (χ2v) is 8.41. The minimum absolute atomic E-state index is 0.235. The van der Waals surface area contributed by atoms with Gasteiger partial charge in [-0.05, 0) is 31.6 Å². The van der Waals surface area contributed by atoms with Crippen LogP contribution in [0.15, 0.2) is 0 Å². The van der Waals surface area contributed by atoms with E-state index >= 15 is 0 Å². The third-order valence-corrected chi connectivity index (χ3v) is 5.39. The van der Waals surface area contributed by atoms with E-state index in [0.29, 0.717) is 25.7 Å². The summed E-state index contributed by atoms with van der Waals surface area (Å²) < 4.78 is 60.1. The van der Waals surface area contributed by atoms with Crippen LogP contribution in [0.25, 0.3) is 0 Å². The number of carbonyl (C=O) groups excluding carboxylic acids is 1. The first-order valence-corrected chi connectivity index (χ1v) is 8.55. The van der Waals surface area contributed by atoms with Crippen LogP contribution >= 0.6 is 0 Å². The number of halogens is 2.